The topological polar surface area (TPSA) is 70.8 Å². The van der Waals surface area contributed by atoms with Crippen LogP contribution < -0.4 is 10.1 Å². The van der Waals surface area contributed by atoms with Gasteiger partial charge in [-0.1, -0.05) is 23.1 Å². The number of anilines is 2. The highest BCUT2D eigenvalue weighted by Gasteiger charge is 2.05. The average molecular weight is 292 g/mol. The lowest BCUT2D eigenvalue weighted by atomic mass is 10.3. The SMILES string of the molecule is COc1ccc(Nc2nnc(SCCC#N)s2)cc1. The van der Waals surface area contributed by atoms with Crippen LogP contribution in [0.25, 0.3) is 0 Å². The van der Waals surface area contributed by atoms with E-state index in [0.717, 1.165) is 26.7 Å². The summed E-state index contributed by atoms with van der Waals surface area (Å²) >= 11 is 3.02. The maximum Gasteiger partial charge on any atom is 0.210 e. The second kappa shape index (κ2) is 6.97. The van der Waals surface area contributed by atoms with Crippen LogP contribution in [0.1, 0.15) is 6.42 Å². The molecule has 0 fully saturated rings. The number of hydrogen-bond acceptors (Lipinski definition) is 7. The third-order valence-corrected chi connectivity index (χ3v) is 4.16. The second-order valence-electron chi connectivity index (χ2n) is 3.48. The van der Waals surface area contributed by atoms with Gasteiger partial charge in [-0.25, -0.2) is 0 Å². The molecule has 0 radical (unpaired) electrons. The zero-order chi connectivity index (χ0) is 13.5. The van der Waals surface area contributed by atoms with E-state index in [1.54, 1.807) is 18.9 Å². The minimum Gasteiger partial charge on any atom is -0.497 e. The number of hydrogen-bond donors (Lipinski definition) is 1. The third kappa shape index (κ3) is 4.12. The molecule has 7 heteroatoms. The van der Waals surface area contributed by atoms with Crippen molar-refractivity contribution in [1.82, 2.24) is 10.2 Å². The van der Waals surface area contributed by atoms with Crippen LogP contribution in [0.15, 0.2) is 28.6 Å². The van der Waals surface area contributed by atoms with Gasteiger partial charge in [0.1, 0.15) is 5.75 Å². The van der Waals surface area contributed by atoms with Gasteiger partial charge in [-0.3, -0.25) is 0 Å². The average Bonchev–Trinajstić information content (AvgIpc) is 2.88. The highest BCUT2D eigenvalue weighted by molar-refractivity contribution is 8.01. The molecule has 2 rings (SSSR count). The predicted molar refractivity (Wildman–Crippen MR) is 77.1 cm³/mol. The molecule has 98 valence electrons. The number of benzene rings is 1. The molecule has 0 saturated heterocycles. The number of methoxy groups -OCH3 is 1. The Hall–Kier alpha value is -1.78. The monoisotopic (exact) mass is 292 g/mol. The number of nitrogens with one attached hydrogen (secondary N) is 1. The lowest BCUT2D eigenvalue weighted by molar-refractivity contribution is 0.415. The van der Waals surface area contributed by atoms with Gasteiger partial charge in [0.25, 0.3) is 0 Å². The molecule has 2 aromatic rings. The van der Waals surface area contributed by atoms with E-state index < -0.39 is 0 Å². The van der Waals surface area contributed by atoms with Gasteiger partial charge in [0.15, 0.2) is 4.34 Å². The van der Waals surface area contributed by atoms with E-state index in [4.69, 9.17) is 10.00 Å². The van der Waals surface area contributed by atoms with E-state index in [9.17, 15) is 0 Å². The number of ether oxygens (including phenoxy) is 1. The fourth-order valence-corrected chi connectivity index (χ4v) is 2.99. The van der Waals surface area contributed by atoms with Gasteiger partial charge in [0.05, 0.1) is 13.2 Å². The van der Waals surface area contributed by atoms with Crippen LogP contribution in [0.4, 0.5) is 10.8 Å². The Balaban J connectivity index is 1.93. The van der Waals surface area contributed by atoms with Crippen molar-refractivity contribution in [1.29, 1.82) is 5.26 Å². The summed E-state index contributed by atoms with van der Waals surface area (Å²) in [6.07, 6.45) is 0.519. The van der Waals surface area contributed by atoms with E-state index in [-0.39, 0.29) is 0 Å². The quantitative estimate of drug-likeness (QED) is 0.650. The van der Waals surface area contributed by atoms with Crippen molar-refractivity contribution < 1.29 is 4.74 Å². The molecule has 0 aliphatic heterocycles. The molecule has 0 bridgehead atoms. The molecule has 19 heavy (non-hydrogen) atoms. The summed E-state index contributed by atoms with van der Waals surface area (Å²) in [5.41, 5.74) is 0.936. The molecule has 1 N–H and O–H groups in total. The third-order valence-electron chi connectivity index (χ3n) is 2.19. The summed E-state index contributed by atoms with van der Waals surface area (Å²) in [5.74, 6) is 1.56. The molecule has 0 atom stereocenters. The van der Waals surface area contributed by atoms with E-state index in [0.29, 0.717) is 6.42 Å². The van der Waals surface area contributed by atoms with Gasteiger partial charge < -0.3 is 10.1 Å². The molecule has 0 aliphatic rings. The molecular formula is C12H12N4OS2. The Morgan fingerprint density at radius 1 is 1.37 bits per heavy atom. The molecule has 0 saturated carbocycles. The number of nitrogens with zero attached hydrogens (tertiary/aromatic N) is 3. The molecule has 0 amide bonds. The maximum absolute atomic E-state index is 8.47. The Bertz CT molecular complexity index is 562. The minimum atomic E-state index is 0.519. The van der Waals surface area contributed by atoms with Gasteiger partial charge in [-0.05, 0) is 24.3 Å². The highest BCUT2D eigenvalue weighted by atomic mass is 32.2. The summed E-state index contributed by atoms with van der Waals surface area (Å²) in [6.45, 7) is 0. The zero-order valence-electron chi connectivity index (χ0n) is 10.3. The summed E-state index contributed by atoms with van der Waals surface area (Å²) < 4.78 is 5.96. The van der Waals surface area contributed by atoms with Crippen LogP contribution in [0.3, 0.4) is 0 Å². The first kappa shape index (κ1) is 13.6. The molecular weight excluding hydrogens is 280 g/mol. The van der Waals surface area contributed by atoms with Crippen LogP contribution in [-0.4, -0.2) is 23.1 Å². The zero-order valence-corrected chi connectivity index (χ0v) is 11.9. The summed E-state index contributed by atoms with van der Waals surface area (Å²) in [7, 11) is 1.64. The van der Waals surface area contributed by atoms with Gasteiger partial charge in [0, 0.05) is 17.9 Å². The largest absolute Gasteiger partial charge is 0.497 e. The normalized spacial score (nSPS) is 9.89. The van der Waals surface area contributed by atoms with Gasteiger partial charge in [0.2, 0.25) is 5.13 Å². The van der Waals surface area contributed by atoms with E-state index in [1.165, 1.54) is 11.3 Å². The van der Waals surface area contributed by atoms with E-state index >= 15 is 0 Å². The van der Waals surface area contributed by atoms with Crippen LogP contribution in [0.5, 0.6) is 5.75 Å². The van der Waals surface area contributed by atoms with Crippen molar-refractivity contribution in [3.05, 3.63) is 24.3 Å². The van der Waals surface area contributed by atoms with Crippen molar-refractivity contribution in [2.75, 3.05) is 18.2 Å². The first-order valence-corrected chi connectivity index (χ1v) is 7.36. The van der Waals surface area contributed by atoms with Crippen LogP contribution in [0.2, 0.25) is 0 Å². The van der Waals surface area contributed by atoms with Gasteiger partial charge in [-0.15, -0.1) is 10.2 Å². The molecule has 0 aliphatic carbocycles. The Kier molecular flexibility index (Phi) is 5.01. The second-order valence-corrected chi connectivity index (χ2v) is 5.80. The van der Waals surface area contributed by atoms with Crippen molar-refractivity contribution in [3.8, 4) is 11.8 Å². The summed E-state index contributed by atoms with van der Waals surface area (Å²) in [4.78, 5) is 0. The number of nitriles is 1. The molecule has 1 aromatic heterocycles. The van der Waals surface area contributed by atoms with E-state index in [1.807, 2.05) is 24.3 Å². The highest BCUT2D eigenvalue weighted by Crippen LogP contribution is 2.28. The lowest BCUT2D eigenvalue weighted by Crippen LogP contribution is -1.89. The first-order chi connectivity index (χ1) is 9.31. The number of rotatable bonds is 6. The first-order valence-electron chi connectivity index (χ1n) is 5.56. The number of aromatic nitrogens is 2. The van der Waals surface area contributed by atoms with Gasteiger partial charge in [-0.2, -0.15) is 5.26 Å². The van der Waals surface area contributed by atoms with Crippen molar-refractivity contribution in [2.24, 2.45) is 0 Å². The van der Waals surface area contributed by atoms with Crippen LogP contribution in [-0.2, 0) is 0 Å². The van der Waals surface area contributed by atoms with E-state index in [2.05, 4.69) is 21.6 Å². The molecule has 1 aromatic carbocycles. The van der Waals surface area contributed by atoms with Gasteiger partial charge >= 0.3 is 0 Å². The van der Waals surface area contributed by atoms with Crippen LogP contribution in [0, 0.1) is 11.3 Å². The molecule has 1 heterocycles. The molecule has 0 unspecified atom stereocenters. The number of thioether (sulfide) groups is 1. The fraction of sp³-hybridized carbons (Fsp3) is 0.250. The summed E-state index contributed by atoms with van der Waals surface area (Å²) in [6, 6.07) is 9.70. The Morgan fingerprint density at radius 2 is 2.16 bits per heavy atom. The lowest BCUT2D eigenvalue weighted by Gasteiger charge is -2.03. The minimum absolute atomic E-state index is 0.519. The fourth-order valence-electron chi connectivity index (χ4n) is 1.30. The Morgan fingerprint density at radius 3 is 2.84 bits per heavy atom. The maximum atomic E-state index is 8.47. The van der Waals surface area contributed by atoms with Crippen molar-refractivity contribution in [3.63, 3.8) is 0 Å². The van der Waals surface area contributed by atoms with Crippen molar-refractivity contribution in [2.45, 2.75) is 10.8 Å². The Labute approximate surface area is 119 Å². The van der Waals surface area contributed by atoms with Crippen molar-refractivity contribution >= 4 is 33.9 Å². The smallest absolute Gasteiger partial charge is 0.210 e. The standard InChI is InChI=1S/C12H12N4OS2/c1-17-10-5-3-9(4-6-10)14-11-15-16-12(19-11)18-8-2-7-13/h3-6H,2,8H2,1H3,(H,14,15). The molecule has 5 nitrogen and oxygen atoms in total. The summed E-state index contributed by atoms with van der Waals surface area (Å²) in [5, 5.41) is 20.5. The molecule has 0 spiro atoms. The van der Waals surface area contributed by atoms with Crippen LogP contribution >= 0.6 is 23.1 Å². The predicted octanol–water partition coefficient (Wildman–Crippen LogP) is 3.30.